The average Bonchev–Trinajstić information content (AvgIpc) is 2.77. The number of hydrogen-bond donors (Lipinski definition) is 0. The van der Waals surface area contributed by atoms with Gasteiger partial charge in [0.05, 0.1) is 13.2 Å². The van der Waals surface area contributed by atoms with Crippen LogP contribution in [0.4, 0.5) is 5.82 Å². The van der Waals surface area contributed by atoms with Gasteiger partial charge in [0.15, 0.2) is 11.5 Å². The van der Waals surface area contributed by atoms with Crippen molar-refractivity contribution in [3.63, 3.8) is 0 Å². The van der Waals surface area contributed by atoms with Crippen molar-refractivity contribution in [2.45, 2.75) is 46.5 Å². The number of aryl methyl sites for hydroxylation is 1. The maximum Gasteiger partial charge on any atom is 0.222 e. The van der Waals surface area contributed by atoms with Gasteiger partial charge in [-0.2, -0.15) is 0 Å². The zero-order valence-corrected chi connectivity index (χ0v) is 19.1. The molecule has 2 aromatic rings. The van der Waals surface area contributed by atoms with Crippen LogP contribution < -0.4 is 14.4 Å². The van der Waals surface area contributed by atoms with E-state index in [-0.39, 0.29) is 5.91 Å². The quantitative estimate of drug-likeness (QED) is 0.568. The molecule has 7 heteroatoms. The van der Waals surface area contributed by atoms with Crippen LogP contribution in [-0.2, 0) is 4.79 Å². The maximum absolute atomic E-state index is 12.6. The largest absolute Gasteiger partial charge is 0.490 e. The summed E-state index contributed by atoms with van der Waals surface area (Å²) in [6.07, 6.45) is 1.17. The van der Waals surface area contributed by atoms with Crippen molar-refractivity contribution in [1.29, 1.82) is 0 Å². The highest BCUT2D eigenvalue weighted by molar-refractivity contribution is 5.76. The SMILES string of the molecule is CCOc1ccccc1OCCCC(=O)N1CCN(c2cc(C)nc(C(C)C)n2)CC1. The Kier molecular flexibility index (Phi) is 8.09. The number of hydrogen-bond acceptors (Lipinski definition) is 6. The van der Waals surface area contributed by atoms with Crippen molar-refractivity contribution in [3.05, 3.63) is 41.9 Å². The average molecular weight is 427 g/mol. The Morgan fingerprint density at radius 2 is 1.74 bits per heavy atom. The number of rotatable bonds is 9. The van der Waals surface area contributed by atoms with Crippen LogP contribution in [0.15, 0.2) is 30.3 Å². The zero-order chi connectivity index (χ0) is 22.2. The standard InChI is InChI=1S/C24H34N4O3/c1-5-30-20-9-6-7-10-21(20)31-16-8-11-23(29)28-14-12-27(13-15-28)22-17-19(4)25-24(26-22)18(2)3/h6-7,9-10,17-18H,5,8,11-16H2,1-4H3. The zero-order valence-electron chi connectivity index (χ0n) is 19.1. The van der Waals surface area contributed by atoms with E-state index >= 15 is 0 Å². The van der Waals surface area contributed by atoms with Crippen molar-refractivity contribution in [2.75, 3.05) is 44.3 Å². The first-order valence-corrected chi connectivity index (χ1v) is 11.2. The van der Waals surface area contributed by atoms with Gasteiger partial charge in [-0.3, -0.25) is 4.79 Å². The highest BCUT2D eigenvalue weighted by Crippen LogP contribution is 2.26. The fraction of sp³-hybridized carbons (Fsp3) is 0.542. The Morgan fingerprint density at radius 1 is 1.06 bits per heavy atom. The molecule has 7 nitrogen and oxygen atoms in total. The second kappa shape index (κ2) is 11.0. The van der Waals surface area contributed by atoms with E-state index in [1.54, 1.807) is 0 Å². The summed E-state index contributed by atoms with van der Waals surface area (Å²) in [6.45, 7) is 12.3. The first-order valence-electron chi connectivity index (χ1n) is 11.2. The molecule has 0 saturated carbocycles. The third kappa shape index (κ3) is 6.32. The van der Waals surface area contributed by atoms with Crippen LogP contribution in [0, 0.1) is 6.92 Å². The topological polar surface area (TPSA) is 67.8 Å². The molecule has 0 spiro atoms. The predicted molar refractivity (Wildman–Crippen MR) is 122 cm³/mol. The lowest BCUT2D eigenvalue weighted by atomic mass is 10.2. The summed E-state index contributed by atoms with van der Waals surface area (Å²) in [7, 11) is 0. The molecule has 1 aliphatic rings. The molecule has 2 heterocycles. The Labute approximate surface area is 185 Å². The molecule has 1 amide bonds. The molecule has 1 aliphatic heterocycles. The summed E-state index contributed by atoms with van der Waals surface area (Å²) in [6, 6.07) is 9.67. The number of benzene rings is 1. The third-order valence-electron chi connectivity index (χ3n) is 5.27. The van der Waals surface area contributed by atoms with E-state index in [9.17, 15) is 4.79 Å². The summed E-state index contributed by atoms with van der Waals surface area (Å²) in [5.74, 6) is 3.79. The Balaban J connectivity index is 1.44. The Hall–Kier alpha value is -2.83. The number of aromatic nitrogens is 2. The van der Waals surface area contributed by atoms with Crippen LogP contribution in [0.25, 0.3) is 0 Å². The summed E-state index contributed by atoms with van der Waals surface area (Å²) in [4.78, 5) is 26.1. The summed E-state index contributed by atoms with van der Waals surface area (Å²) in [5, 5.41) is 0. The molecule has 1 fully saturated rings. The van der Waals surface area contributed by atoms with Crippen LogP contribution in [-0.4, -0.2) is 60.2 Å². The molecular weight excluding hydrogens is 392 g/mol. The van der Waals surface area contributed by atoms with Crippen LogP contribution in [0.3, 0.4) is 0 Å². The highest BCUT2D eigenvalue weighted by atomic mass is 16.5. The summed E-state index contributed by atoms with van der Waals surface area (Å²) < 4.78 is 11.4. The van der Waals surface area contributed by atoms with Gasteiger partial charge in [-0.25, -0.2) is 9.97 Å². The van der Waals surface area contributed by atoms with Gasteiger partial charge in [0.2, 0.25) is 5.91 Å². The van der Waals surface area contributed by atoms with Gasteiger partial charge in [0.25, 0.3) is 0 Å². The van der Waals surface area contributed by atoms with Gasteiger partial charge in [-0.1, -0.05) is 26.0 Å². The van der Waals surface area contributed by atoms with Crippen molar-refractivity contribution in [2.24, 2.45) is 0 Å². The number of para-hydroxylation sites is 2. The molecule has 31 heavy (non-hydrogen) atoms. The normalized spacial score (nSPS) is 14.1. The van der Waals surface area contributed by atoms with E-state index < -0.39 is 0 Å². The molecule has 0 atom stereocenters. The van der Waals surface area contributed by atoms with Gasteiger partial charge in [0, 0.05) is 50.3 Å². The second-order valence-electron chi connectivity index (χ2n) is 8.08. The van der Waals surface area contributed by atoms with Crippen LogP contribution in [0.1, 0.15) is 51.0 Å². The number of piperazine rings is 1. The van der Waals surface area contributed by atoms with Crippen LogP contribution >= 0.6 is 0 Å². The molecule has 0 unspecified atom stereocenters. The van der Waals surface area contributed by atoms with Crippen molar-refractivity contribution < 1.29 is 14.3 Å². The Bertz CT molecular complexity index is 864. The van der Waals surface area contributed by atoms with E-state index in [0.717, 1.165) is 41.9 Å². The third-order valence-corrected chi connectivity index (χ3v) is 5.27. The van der Waals surface area contributed by atoms with Crippen LogP contribution in [0.2, 0.25) is 0 Å². The lowest BCUT2D eigenvalue weighted by Crippen LogP contribution is -2.49. The number of amides is 1. The van der Waals surface area contributed by atoms with E-state index in [1.165, 1.54) is 0 Å². The van der Waals surface area contributed by atoms with Gasteiger partial charge in [0.1, 0.15) is 11.6 Å². The summed E-state index contributed by atoms with van der Waals surface area (Å²) >= 11 is 0. The van der Waals surface area contributed by atoms with Gasteiger partial charge in [-0.15, -0.1) is 0 Å². The number of carbonyl (C=O) groups excluding carboxylic acids is 1. The van der Waals surface area contributed by atoms with E-state index in [0.29, 0.717) is 45.1 Å². The van der Waals surface area contributed by atoms with Gasteiger partial charge in [-0.05, 0) is 32.4 Å². The first-order chi connectivity index (χ1) is 15.0. The van der Waals surface area contributed by atoms with E-state index in [2.05, 4.69) is 23.7 Å². The molecule has 0 radical (unpaired) electrons. The lowest BCUT2D eigenvalue weighted by molar-refractivity contribution is -0.131. The molecule has 1 saturated heterocycles. The number of ether oxygens (including phenoxy) is 2. The fourth-order valence-corrected chi connectivity index (χ4v) is 3.59. The predicted octanol–water partition coefficient (Wildman–Crippen LogP) is 3.81. The number of anilines is 1. The minimum absolute atomic E-state index is 0.183. The van der Waals surface area contributed by atoms with Crippen LogP contribution in [0.5, 0.6) is 11.5 Å². The monoisotopic (exact) mass is 426 g/mol. The minimum Gasteiger partial charge on any atom is -0.490 e. The minimum atomic E-state index is 0.183. The molecule has 1 aromatic heterocycles. The summed E-state index contributed by atoms with van der Waals surface area (Å²) in [5.41, 5.74) is 0.984. The highest BCUT2D eigenvalue weighted by Gasteiger charge is 2.22. The van der Waals surface area contributed by atoms with Crippen molar-refractivity contribution >= 4 is 11.7 Å². The molecule has 0 N–H and O–H groups in total. The van der Waals surface area contributed by atoms with Crippen molar-refractivity contribution in [1.82, 2.24) is 14.9 Å². The molecule has 0 bridgehead atoms. The lowest BCUT2D eigenvalue weighted by Gasteiger charge is -2.35. The molecule has 0 aliphatic carbocycles. The second-order valence-corrected chi connectivity index (χ2v) is 8.08. The van der Waals surface area contributed by atoms with E-state index in [1.807, 2.05) is 49.1 Å². The van der Waals surface area contributed by atoms with E-state index in [4.69, 9.17) is 14.5 Å². The smallest absolute Gasteiger partial charge is 0.222 e. The molecule has 3 rings (SSSR count). The molecular formula is C24H34N4O3. The molecule has 168 valence electrons. The first kappa shape index (κ1) is 22.8. The van der Waals surface area contributed by atoms with Gasteiger partial charge >= 0.3 is 0 Å². The fourth-order valence-electron chi connectivity index (χ4n) is 3.59. The Morgan fingerprint density at radius 3 is 2.39 bits per heavy atom. The van der Waals surface area contributed by atoms with Gasteiger partial charge < -0.3 is 19.3 Å². The van der Waals surface area contributed by atoms with Crippen molar-refractivity contribution in [3.8, 4) is 11.5 Å². The number of nitrogens with zero attached hydrogens (tertiary/aromatic N) is 4. The molecule has 1 aromatic carbocycles. The number of carbonyl (C=O) groups is 1. The maximum atomic E-state index is 12.6.